The van der Waals surface area contributed by atoms with Gasteiger partial charge in [-0.15, -0.1) is 88.0 Å². The Morgan fingerprint density at radius 1 is 0.449 bits per heavy atom. The average molecular weight is 2120 g/mol. The SMILES string of the molecule is CC(=O)C=C(C)O.CCC(CC)C(=O)C=C(O)C(CC)CC.CCC(CC)C(=O)C=C(O)C(CC)CC.Cc1[c-]c(-c2cc3oc(-c4c(C)cccc4C)cc3cn2)cc(C)c1.Cc1[c-]c(-c2cc3oc(-c4ccccc4)cc3cn2)cc(C)c1.Cc1ccc2c(n1)oc1c(-c3cc4oc(-c5ccc(F)cc5)cc4cn3)[c-]ccc12.[Ir].[Ir].[Ir]. The first kappa shape index (κ1) is 96.7. The molecular weight excluding hydrogens is 2010 g/mol. The minimum atomic E-state index is -0.280. The summed E-state index contributed by atoms with van der Waals surface area (Å²) in [5.41, 5.74) is 20.0. The van der Waals surface area contributed by atoms with Gasteiger partial charge in [0, 0.05) is 165 Å². The van der Waals surface area contributed by atoms with Crippen LogP contribution in [0.15, 0.2) is 229 Å². The average Bonchev–Trinajstić information content (AvgIpc) is 1.61. The van der Waals surface area contributed by atoms with Gasteiger partial charge in [0.15, 0.2) is 17.3 Å². The van der Waals surface area contributed by atoms with Crippen molar-refractivity contribution in [2.24, 2.45) is 23.7 Å². The van der Waals surface area contributed by atoms with Crippen LogP contribution in [0.1, 0.15) is 160 Å². The second kappa shape index (κ2) is 46.3. The summed E-state index contributed by atoms with van der Waals surface area (Å²) in [7, 11) is 0. The standard InChI is InChI=1S/C25H14FN2O2.C23H20NO.C21H16NO.2C13H24O2.C5H8O2.3Ir/c1-14-5-10-19-18-3-2-4-20(24(18)30-25(19)28-14)21-12-23-16(13-27-21)11-22(29-23)15-6-8-17(26)9-7-15;1-14-8-15(2)10-18(9-14)20-12-21-19(13-24-20)11-22(25-21)23-16(3)6-5-7-17(23)4;1-14-8-15(2)10-17(9-14)19-12-21-18(13-22-19)11-20(23-21)16-6-4-3-5-7-16;2*1-5-10(6-2)12(14)9-13(15)11(7-3)8-4;1-4(6)3-5(2)7;;;/h2-3,5-13H,1H3;5-9,11-13H,1-4H3;3-9,11-13H,1-2H3;2*9-11,14H,5-8H2,1-4H3;3,6H,1-2H3;;;/q3*-1;;;;;;. The molecule has 8 aromatic heterocycles. The van der Waals surface area contributed by atoms with Gasteiger partial charge < -0.3 is 47.9 Å². The number of hydrogen-bond donors (Lipinski definition) is 3. The van der Waals surface area contributed by atoms with Gasteiger partial charge in [0.25, 0.3) is 0 Å². The number of aromatic nitrogens is 4. The van der Waals surface area contributed by atoms with Crippen LogP contribution in [0.5, 0.6) is 0 Å². The number of aliphatic hydroxyl groups excluding tert-OH is 3. The van der Waals surface area contributed by atoms with Crippen LogP contribution in [0, 0.1) is 96.2 Å². The number of rotatable bonds is 21. The Kier molecular flexibility index (Phi) is 37.9. The van der Waals surface area contributed by atoms with Gasteiger partial charge in [0.05, 0.1) is 22.9 Å². The smallest absolute Gasteiger partial charge is 0.216 e. The number of nitrogens with zero attached hydrogens (tertiary/aromatic N) is 4. The number of halogens is 1. The monoisotopic (exact) mass is 2120 g/mol. The largest absolute Gasteiger partial charge is 0.512 e. The molecule has 0 atom stereocenters. The van der Waals surface area contributed by atoms with Crippen molar-refractivity contribution in [3.63, 3.8) is 0 Å². The Morgan fingerprint density at radius 2 is 0.873 bits per heavy atom. The molecule has 8 heterocycles. The summed E-state index contributed by atoms with van der Waals surface area (Å²) in [5, 5.41) is 32.7. The van der Waals surface area contributed by atoms with Gasteiger partial charge in [-0.1, -0.05) is 143 Å². The van der Waals surface area contributed by atoms with Crippen LogP contribution in [0.4, 0.5) is 4.39 Å². The summed E-state index contributed by atoms with van der Waals surface area (Å²) in [5.74, 6) is 3.18. The molecule has 623 valence electrons. The van der Waals surface area contributed by atoms with Crippen molar-refractivity contribution < 1.29 is 112 Å². The number of aryl methyl sites for hydroxylation is 7. The molecule has 0 amide bonds. The number of allylic oxidation sites excluding steroid dienone is 6. The van der Waals surface area contributed by atoms with Crippen LogP contribution in [-0.4, -0.2) is 52.6 Å². The van der Waals surface area contributed by atoms with E-state index in [0.29, 0.717) is 28.3 Å². The van der Waals surface area contributed by atoms with E-state index in [9.17, 15) is 29.0 Å². The van der Waals surface area contributed by atoms with Crippen molar-refractivity contribution in [1.29, 1.82) is 0 Å². The van der Waals surface area contributed by atoms with Gasteiger partial charge in [0.1, 0.15) is 39.8 Å². The third kappa shape index (κ3) is 25.9. The van der Waals surface area contributed by atoms with E-state index in [1.54, 1.807) is 18.3 Å². The van der Waals surface area contributed by atoms with Gasteiger partial charge in [-0.25, -0.2) is 9.37 Å². The predicted molar refractivity (Wildman–Crippen MR) is 464 cm³/mol. The van der Waals surface area contributed by atoms with E-state index in [4.69, 9.17) is 22.8 Å². The maximum Gasteiger partial charge on any atom is 0.216 e. The number of benzene rings is 6. The number of hydrogen-bond acceptors (Lipinski definition) is 14. The molecule has 118 heavy (non-hydrogen) atoms. The van der Waals surface area contributed by atoms with E-state index in [1.165, 1.54) is 72.0 Å². The zero-order valence-electron chi connectivity index (χ0n) is 70.3. The van der Waals surface area contributed by atoms with Crippen LogP contribution in [0.2, 0.25) is 0 Å². The number of pyridine rings is 4. The summed E-state index contributed by atoms with van der Waals surface area (Å²) in [6, 6.07) is 60.8. The summed E-state index contributed by atoms with van der Waals surface area (Å²) < 4.78 is 37.5. The van der Waals surface area contributed by atoms with Crippen molar-refractivity contribution in [1.82, 2.24) is 19.9 Å². The molecule has 18 heteroatoms. The fourth-order valence-corrected chi connectivity index (χ4v) is 13.9. The van der Waals surface area contributed by atoms with Gasteiger partial charge in [-0.3, -0.25) is 14.4 Å². The minimum Gasteiger partial charge on any atom is -0.512 e. The number of carbonyl (C=O) groups is 3. The van der Waals surface area contributed by atoms with E-state index < -0.39 is 0 Å². The van der Waals surface area contributed by atoms with Crippen molar-refractivity contribution in [2.75, 3.05) is 0 Å². The summed E-state index contributed by atoms with van der Waals surface area (Å²) in [6.07, 6.45) is 16.5. The molecule has 14 rings (SSSR count). The first-order valence-corrected chi connectivity index (χ1v) is 39.7. The maximum absolute atomic E-state index is 13.2. The molecule has 14 aromatic rings. The Morgan fingerprint density at radius 3 is 1.30 bits per heavy atom. The molecule has 14 nitrogen and oxygen atoms in total. The first-order chi connectivity index (χ1) is 55.2. The minimum absolute atomic E-state index is 0. The molecule has 0 aliphatic heterocycles. The molecular formula is C100H106FIr3N4O10-3. The van der Waals surface area contributed by atoms with Crippen LogP contribution >= 0.6 is 0 Å². The van der Waals surface area contributed by atoms with Crippen LogP contribution in [0.25, 0.3) is 123 Å². The van der Waals surface area contributed by atoms with E-state index in [2.05, 4.69) is 128 Å². The van der Waals surface area contributed by atoms with Crippen molar-refractivity contribution in [2.45, 2.75) is 169 Å². The van der Waals surface area contributed by atoms with Crippen LogP contribution < -0.4 is 0 Å². The topological polar surface area (TPSA) is 216 Å². The quantitative estimate of drug-likeness (QED) is 0.0347. The molecule has 3 radical (unpaired) electrons. The Balaban J connectivity index is 0.000000228. The zero-order chi connectivity index (χ0) is 83.2. The number of ketones is 3. The number of carbonyl (C=O) groups excluding carboxylic acids is 3. The van der Waals surface area contributed by atoms with Crippen molar-refractivity contribution in [3.8, 4) is 67.7 Å². The van der Waals surface area contributed by atoms with Crippen molar-refractivity contribution >= 4 is 72.3 Å². The van der Waals surface area contributed by atoms with E-state index in [-0.39, 0.29) is 124 Å². The number of aliphatic hydroxyl groups is 3. The molecule has 0 saturated heterocycles. The van der Waals surface area contributed by atoms with Crippen LogP contribution in [0.3, 0.4) is 0 Å². The molecule has 6 aromatic carbocycles. The molecule has 0 unspecified atom stereocenters. The fourth-order valence-electron chi connectivity index (χ4n) is 13.9. The zero-order valence-corrected chi connectivity index (χ0v) is 77.5. The fraction of sp³-hybridized carbons (Fsp3) is 0.290. The number of furan rings is 4. The summed E-state index contributed by atoms with van der Waals surface area (Å²) in [6.45, 7) is 33.4. The predicted octanol–water partition coefficient (Wildman–Crippen LogP) is 27.2. The van der Waals surface area contributed by atoms with Crippen molar-refractivity contribution in [3.05, 3.63) is 275 Å². The molecule has 0 aliphatic carbocycles. The molecule has 0 aliphatic rings. The summed E-state index contributed by atoms with van der Waals surface area (Å²) >= 11 is 0. The van der Waals surface area contributed by atoms with Gasteiger partial charge in [-0.2, -0.15) is 0 Å². The molecule has 3 N–H and O–H groups in total. The Hall–Kier alpha value is -10.2. The Labute approximate surface area is 734 Å². The van der Waals surface area contributed by atoms with Gasteiger partial charge >= 0.3 is 0 Å². The van der Waals surface area contributed by atoms with E-state index in [1.807, 2.05) is 160 Å². The van der Waals surface area contributed by atoms with Gasteiger partial charge in [0.2, 0.25) is 5.71 Å². The third-order valence-corrected chi connectivity index (χ3v) is 20.2. The molecule has 0 bridgehead atoms. The number of fused-ring (bicyclic) bond motifs is 6. The second-order valence-electron chi connectivity index (χ2n) is 29.2. The summed E-state index contributed by atoms with van der Waals surface area (Å²) in [4.78, 5) is 51.7. The maximum atomic E-state index is 13.2. The third-order valence-electron chi connectivity index (χ3n) is 20.2. The second-order valence-corrected chi connectivity index (χ2v) is 29.2. The van der Waals surface area contributed by atoms with E-state index in [0.717, 1.165) is 157 Å². The van der Waals surface area contributed by atoms with E-state index >= 15 is 0 Å². The first-order valence-electron chi connectivity index (χ1n) is 39.7. The van der Waals surface area contributed by atoms with Crippen LogP contribution in [-0.2, 0) is 74.7 Å². The Bertz CT molecular complexity index is 5650. The normalized spacial score (nSPS) is 11.4. The molecule has 0 spiro atoms. The molecule has 0 fully saturated rings. The molecule has 0 saturated carbocycles. The van der Waals surface area contributed by atoms with Gasteiger partial charge in [-0.05, 0) is 187 Å².